The lowest BCUT2D eigenvalue weighted by Gasteiger charge is -2.08. The summed E-state index contributed by atoms with van der Waals surface area (Å²) in [4.78, 5) is 6.70. The summed E-state index contributed by atoms with van der Waals surface area (Å²) >= 11 is 5.82. The van der Waals surface area contributed by atoms with Crippen molar-refractivity contribution in [3.63, 3.8) is 0 Å². The van der Waals surface area contributed by atoms with E-state index in [9.17, 15) is 8.42 Å². The van der Waals surface area contributed by atoms with Crippen molar-refractivity contribution < 1.29 is 8.42 Å². The molecule has 5 nitrogen and oxygen atoms in total. The van der Waals surface area contributed by atoms with E-state index in [0.29, 0.717) is 0 Å². The Kier molecular flexibility index (Phi) is 3.08. The van der Waals surface area contributed by atoms with E-state index in [1.54, 1.807) is 19.2 Å². The Morgan fingerprint density at radius 2 is 2.24 bits per heavy atom. The molecule has 0 spiro atoms. The average molecular weight is 272 g/mol. The molecule has 17 heavy (non-hydrogen) atoms. The van der Waals surface area contributed by atoms with Crippen LogP contribution in [0, 0.1) is 6.92 Å². The molecule has 7 heteroatoms. The number of aromatic amines is 1. The summed E-state index contributed by atoms with van der Waals surface area (Å²) in [7, 11) is -3.61. The van der Waals surface area contributed by atoms with Gasteiger partial charge < -0.3 is 4.98 Å². The lowest BCUT2D eigenvalue weighted by Crippen LogP contribution is -2.12. The van der Waals surface area contributed by atoms with Crippen molar-refractivity contribution in [2.75, 3.05) is 4.72 Å². The van der Waals surface area contributed by atoms with Gasteiger partial charge in [-0.15, -0.1) is 0 Å². The Morgan fingerprint density at radius 3 is 2.88 bits per heavy atom. The second-order valence-electron chi connectivity index (χ2n) is 3.50. The minimum atomic E-state index is -3.61. The predicted octanol–water partition coefficient (Wildman–Crippen LogP) is 2.17. The largest absolute Gasteiger partial charge is 0.366 e. The molecule has 2 N–H and O–H groups in total. The van der Waals surface area contributed by atoms with Gasteiger partial charge in [-0.3, -0.25) is 4.72 Å². The molecule has 0 saturated carbocycles. The topological polar surface area (TPSA) is 74.8 Å². The summed E-state index contributed by atoms with van der Waals surface area (Å²) in [5.74, 6) is 0. The molecule has 0 aliphatic carbocycles. The zero-order valence-electron chi connectivity index (χ0n) is 8.94. The normalized spacial score (nSPS) is 11.4. The van der Waals surface area contributed by atoms with Gasteiger partial charge in [0.2, 0.25) is 0 Å². The fourth-order valence-corrected chi connectivity index (χ4v) is 2.54. The lowest BCUT2D eigenvalue weighted by molar-refractivity contribution is 0.601. The van der Waals surface area contributed by atoms with Crippen LogP contribution in [0.2, 0.25) is 5.15 Å². The van der Waals surface area contributed by atoms with Crippen LogP contribution in [0.15, 0.2) is 35.6 Å². The van der Waals surface area contributed by atoms with Crippen molar-refractivity contribution in [2.45, 2.75) is 11.8 Å². The third-order valence-electron chi connectivity index (χ3n) is 2.10. The van der Waals surface area contributed by atoms with Crippen LogP contribution in [-0.4, -0.2) is 18.4 Å². The number of rotatable bonds is 3. The number of aryl methyl sites for hydroxylation is 1. The first-order valence-electron chi connectivity index (χ1n) is 4.77. The van der Waals surface area contributed by atoms with E-state index in [1.807, 2.05) is 0 Å². The molecule has 0 aliphatic rings. The maximum atomic E-state index is 11.9. The summed E-state index contributed by atoms with van der Waals surface area (Å²) < 4.78 is 26.2. The average Bonchev–Trinajstić information content (AvgIpc) is 2.77. The smallest absolute Gasteiger partial charge is 0.263 e. The Hall–Kier alpha value is -1.53. The van der Waals surface area contributed by atoms with Gasteiger partial charge in [-0.25, -0.2) is 13.4 Å². The molecule has 90 valence electrons. The number of hydrogen-bond acceptors (Lipinski definition) is 3. The van der Waals surface area contributed by atoms with Crippen LogP contribution in [0.25, 0.3) is 0 Å². The van der Waals surface area contributed by atoms with E-state index in [0.717, 1.165) is 5.56 Å². The number of nitrogens with zero attached hydrogens (tertiary/aromatic N) is 1. The monoisotopic (exact) mass is 271 g/mol. The molecular weight excluding hydrogens is 262 g/mol. The van der Waals surface area contributed by atoms with Gasteiger partial charge in [0, 0.05) is 18.6 Å². The quantitative estimate of drug-likeness (QED) is 0.840. The highest BCUT2D eigenvalue weighted by Crippen LogP contribution is 2.23. The molecule has 0 aromatic carbocycles. The number of anilines is 1. The van der Waals surface area contributed by atoms with Gasteiger partial charge >= 0.3 is 0 Å². The number of nitrogens with one attached hydrogen (secondary N) is 2. The molecule has 2 rings (SSSR count). The molecular formula is C10H10ClN3O2S. The fourth-order valence-electron chi connectivity index (χ4n) is 1.30. The van der Waals surface area contributed by atoms with Crippen molar-refractivity contribution in [1.29, 1.82) is 0 Å². The van der Waals surface area contributed by atoms with Crippen molar-refractivity contribution in [1.82, 2.24) is 9.97 Å². The zero-order chi connectivity index (χ0) is 12.5. The Morgan fingerprint density at radius 1 is 1.47 bits per heavy atom. The van der Waals surface area contributed by atoms with Crippen LogP contribution in [0.4, 0.5) is 5.69 Å². The lowest BCUT2D eigenvalue weighted by atomic mass is 10.3. The molecule has 2 aromatic heterocycles. The second-order valence-corrected chi connectivity index (χ2v) is 5.54. The van der Waals surface area contributed by atoms with Gasteiger partial charge in [0.25, 0.3) is 10.0 Å². The van der Waals surface area contributed by atoms with Crippen LogP contribution < -0.4 is 4.72 Å². The molecule has 0 saturated heterocycles. The number of halogens is 1. The highest BCUT2D eigenvalue weighted by Gasteiger charge is 2.16. The van der Waals surface area contributed by atoms with Crippen LogP contribution in [-0.2, 0) is 10.0 Å². The number of sulfonamides is 1. The molecule has 0 unspecified atom stereocenters. The number of hydrogen-bond donors (Lipinski definition) is 2. The summed E-state index contributed by atoms with van der Waals surface area (Å²) in [6, 6.07) is 3.08. The van der Waals surface area contributed by atoms with E-state index in [2.05, 4.69) is 14.7 Å². The number of H-pyrrole nitrogens is 1. The summed E-state index contributed by atoms with van der Waals surface area (Å²) in [6.07, 6.45) is 4.49. The van der Waals surface area contributed by atoms with Crippen molar-refractivity contribution >= 4 is 27.3 Å². The minimum Gasteiger partial charge on any atom is -0.366 e. The third-order valence-corrected chi connectivity index (χ3v) is 3.76. The van der Waals surface area contributed by atoms with Crippen molar-refractivity contribution in [3.8, 4) is 0 Å². The van der Waals surface area contributed by atoms with E-state index in [4.69, 9.17) is 11.6 Å². The summed E-state index contributed by atoms with van der Waals surface area (Å²) in [5.41, 5.74) is 1.09. The number of aromatic nitrogens is 2. The van der Waals surface area contributed by atoms with Crippen LogP contribution in [0.1, 0.15) is 5.56 Å². The number of pyridine rings is 1. The molecule has 0 fully saturated rings. The van der Waals surface area contributed by atoms with Crippen LogP contribution in [0.5, 0.6) is 0 Å². The highest BCUT2D eigenvalue weighted by molar-refractivity contribution is 7.92. The molecule has 0 radical (unpaired) electrons. The van der Waals surface area contributed by atoms with Crippen LogP contribution in [0.3, 0.4) is 0 Å². The maximum Gasteiger partial charge on any atom is 0.263 e. The van der Waals surface area contributed by atoms with Gasteiger partial charge in [-0.1, -0.05) is 11.6 Å². The SMILES string of the molecule is Cc1cnc(Cl)c(NS(=O)(=O)c2cc[nH]c2)c1. The standard InChI is InChI=1S/C10H10ClN3O2S/c1-7-4-9(10(11)13-5-7)14-17(15,16)8-2-3-12-6-8/h2-6,12,14H,1H3. The van der Waals surface area contributed by atoms with Gasteiger partial charge in [0.15, 0.2) is 5.15 Å². The van der Waals surface area contributed by atoms with Gasteiger partial charge in [0.1, 0.15) is 4.90 Å². The zero-order valence-corrected chi connectivity index (χ0v) is 10.5. The van der Waals surface area contributed by atoms with E-state index in [-0.39, 0.29) is 15.7 Å². The first kappa shape index (κ1) is 11.9. The van der Waals surface area contributed by atoms with Gasteiger partial charge in [-0.2, -0.15) is 0 Å². The van der Waals surface area contributed by atoms with Gasteiger partial charge in [0.05, 0.1) is 5.69 Å². The molecule has 2 heterocycles. The summed E-state index contributed by atoms with van der Waals surface area (Å²) in [6.45, 7) is 1.80. The molecule has 0 bridgehead atoms. The van der Waals surface area contributed by atoms with E-state index in [1.165, 1.54) is 18.5 Å². The minimum absolute atomic E-state index is 0.120. The van der Waals surface area contributed by atoms with Gasteiger partial charge in [-0.05, 0) is 24.6 Å². The van der Waals surface area contributed by atoms with Crippen LogP contribution >= 0.6 is 11.6 Å². The molecule has 0 atom stereocenters. The summed E-state index contributed by atoms with van der Waals surface area (Å²) in [5, 5.41) is 0.120. The Bertz CT molecular complexity index is 623. The first-order chi connectivity index (χ1) is 7.99. The third kappa shape index (κ3) is 2.59. The molecule has 0 amide bonds. The molecule has 2 aromatic rings. The first-order valence-corrected chi connectivity index (χ1v) is 6.63. The Labute approximate surface area is 104 Å². The van der Waals surface area contributed by atoms with Crippen molar-refractivity contribution in [3.05, 3.63) is 41.4 Å². The van der Waals surface area contributed by atoms with E-state index < -0.39 is 10.0 Å². The highest BCUT2D eigenvalue weighted by atomic mass is 35.5. The van der Waals surface area contributed by atoms with Crippen molar-refractivity contribution in [2.24, 2.45) is 0 Å². The second kappa shape index (κ2) is 4.38. The predicted molar refractivity (Wildman–Crippen MR) is 65.6 cm³/mol. The van der Waals surface area contributed by atoms with E-state index >= 15 is 0 Å². The Balaban J connectivity index is 2.36. The molecule has 0 aliphatic heterocycles. The maximum absolute atomic E-state index is 11.9. The fraction of sp³-hybridized carbons (Fsp3) is 0.100.